The van der Waals surface area contributed by atoms with E-state index in [0.717, 1.165) is 13.0 Å². The summed E-state index contributed by atoms with van der Waals surface area (Å²) < 4.78 is 0. The van der Waals surface area contributed by atoms with E-state index < -0.39 is 5.60 Å². The molecule has 0 aromatic carbocycles. The monoisotopic (exact) mass is 185 g/mol. The standard InChI is InChI=1S/C11H23NO/c1-6-7-11(5,13)8-9-12-10(2,3)4/h6,12-13H,1,7-9H2,2-5H3. The summed E-state index contributed by atoms with van der Waals surface area (Å²) in [7, 11) is 0. The molecule has 0 saturated carbocycles. The van der Waals surface area contributed by atoms with Crippen molar-refractivity contribution >= 4 is 0 Å². The van der Waals surface area contributed by atoms with Crippen molar-refractivity contribution in [3.63, 3.8) is 0 Å². The highest BCUT2D eigenvalue weighted by Gasteiger charge is 2.18. The van der Waals surface area contributed by atoms with E-state index in [-0.39, 0.29) is 5.54 Å². The van der Waals surface area contributed by atoms with Crippen molar-refractivity contribution < 1.29 is 5.11 Å². The van der Waals surface area contributed by atoms with Crippen LogP contribution in [0.3, 0.4) is 0 Å². The van der Waals surface area contributed by atoms with Crippen LogP contribution in [-0.2, 0) is 0 Å². The molecule has 0 rings (SSSR count). The molecular formula is C11H23NO. The van der Waals surface area contributed by atoms with Crippen molar-refractivity contribution in [2.24, 2.45) is 0 Å². The third kappa shape index (κ3) is 8.00. The number of aliphatic hydroxyl groups is 1. The van der Waals surface area contributed by atoms with Gasteiger partial charge in [0.05, 0.1) is 5.60 Å². The SMILES string of the molecule is C=CCC(C)(O)CCNC(C)(C)C. The van der Waals surface area contributed by atoms with Gasteiger partial charge in [-0.1, -0.05) is 6.08 Å². The predicted molar refractivity (Wildman–Crippen MR) is 57.8 cm³/mol. The lowest BCUT2D eigenvalue weighted by molar-refractivity contribution is 0.0527. The molecule has 1 atom stereocenters. The molecule has 0 bridgehead atoms. The third-order valence-corrected chi connectivity index (χ3v) is 1.90. The van der Waals surface area contributed by atoms with Crippen molar-refractivity contribution in [3.8, 4) is 0 Å². The Hall–Kier alpha value is -0.340. The summed E-state index contributed by atoms with van der Waals surface area (Å²) in [6.45, 7) is 12.7. The van der Waals surface area contributed by atoms with E-state index in [1.807, 2.05) is 6.92 Å². The minimum absolute atomic E-state index is 0.129. The van der Waals surface area contributed by atoms with Gasteiger partial charge in [0.1, 0.15) is 0 Å². The fourth-order valence-corrected chi connectivity index (χ4v) is 1.12. The summed E-state index contributed by atoms with van der Waals surface area (Å²) in [4.78, 5) is 0. The van der Waals surface area contributed by atoms with Crippen LogP contribution in [0, 0.1) is 0 Å². The summed E-state index contributed by atoms with van der Waals surface area (Å²) >= 11 is 0. The fraction of sp³-hybridized carbons (Fsp3) is 0.818. The van der Waals surface area contributed by atoms with Gasteiger partial charge in [0.25, 0.3) is 0 Å². The molecule has 0 radical (unpaired) electrons. The van der Waals surface area contributed by atoms with Crippen LogP contribution < -0.4 is 5.32 Å². The summed E-state index contributed by atoms with van der Waals surface area (Å²) in [6.07, 6.45) is 3.17. The van der Waals surface area contributed by atoms with Crippen LogP contribution in [-0.4, -0.2) is 22.8 Å². The Balaban J connectivity index is 3.69. The van der Waals surface area contributed by atoms with E-state index in [0.29, 0.717) is 6.42 Å². The number of nitrogens with one attached hydrogen (secondary N) is 1. The quantitative estimate of drug-likeness (QED) is 0.643. The van der Waals surface area contributed by atoms with Crippen molar-refractivity contribution in [2.75, 3.05) is 6.54 Å². The van der Waals surface area contributed by atoms with Crippen molar-refractivity contribution in [1.29, 1.82) is 0 Å². The van der Waals surface area contributed by atoms with Gasteiger partial charge in [-0.05, 0) is 47.1 Å². The lowest BCUT2D eigenvalue weighted by Crippen LogP contribution is -2.39. The second-order valence-electron chi connectivity index (χ2n) is 4.92. The molecule has 0 aliphatic heterocycles. The smallest absolute Gasteiger partial charge is 0.0666 e. The highest BCUT2D eigenvalue weighted by molar-refractivity contribution is 4.84. The Kier molecular flexibility index (Phi) is 4.65. The largest absolute Gasteiger partial charge is 0.390 e. The molecule has 0 aromatic heterocycles. The van der Waals surface area contributed by atoms with Gasteiger partial charge in [0.15, 0.2) is 0 Å². The second-order valence-corrected chi connectivity index (χ2v) is 4.92. The first kappa shape index (κ1) is 12.7. The van der Waals surface area contributed by atoms with Crippen LogP contribution in [0.25, 0.3) is 0 Å². The Labute approximate surface area is 82.0 Å². The molecular weight excluding hydrogens is 162 g/mol. The minimum atomic E-state index is -0.611. The van der Waals surface area contributed by atoms with Gasteiger partial charge in [-0.3, -0.25) is 0 Å². The molecule has 0 heterocycles. The van der Waals surface area contributed by atoms with Crippen molar-refractivity contribution in [2.45, 2.75) is 51.7 Å². The van der Waals surface area contributed by atoms with Gasteiger partial charge >= 0.3 is 0 Å². The summed E-state index contributed by atoms with van der Waals surface area (Å²) in [5.74, 6) is 0. The molecule has 0 saturated heterocycles. The van der Waals surface area contributed by atoms with E-state index in [1.54, 1.807) is 6.08 Å². The molecule has 0 aliphatic rings. The van der Waals surface area contributed by atoms with E-state index in [1.165, 1.54) is 0 Å². The average Bonchev–Trinajstić information content (AvgIpc) is 1.82. The fourth-order valence-electron chi connectivity index (χ4n) is 1.12. The highest BCUT2D eigenvalue weighted by Crippen LogP contribution is 2.14. The van der Waals surface area contributed by atoms with Crippen molar-refractivity contribution in [1.82, 2.24) is 5.32 Å². The summed E-state index contributed by atoms with van der Waals surface area (Å²) in [5, 5.41) is 13.1. The van der Waals surface area contributed by atoms with E-state index in [4.69, 9.17) is 0 Å². The Morgan fingerprint density at radius 3 is 2.23 bits per heavy atom. The van der Waals surface area contributed by atoms with Crippen LogP contribution >= 0.6 is 0 Å². The molecule has 78 valence electrons. The summed E-state index contributed by atoms with van der Waals surface area (Å²) in [5.41, 5.74) is -0.482. The van der Waals surface area contributed by atoms with Gasteiger partial charge in [-0.15, -0.1) is 6.58 Å². The van der Waals surface area contributed by atoms with Gasteiger partial charge < -0.3 is 10.4 Å². The summed E-state index contributed by atoms with van der Waals surface area (Å²) in [6, 6.07) is 0. The molecule has 2 nitrogen and oxygen atoms in total. The van der Waals surface area contributed by atoms with Gasteiger partial charge in [0.2, 0.25) is 0 Å². The Morgan fingerprint density at radius 2 is 1.85 bits per heavy atom. The van der Waals surface area contributed by atoms with E-state index in [2.05, 4.69) is 32.7 Å². The predicted octanol–water partition coefficient (Wildman–Crippen LogP) is 2.09. The average molecular weight is 185 g/mol. The first-order valence-corrected chi connectivity index (χ1v) is 4.85. The maximum Gasteiger partial charge on any atom is 0.0666 e. The van der Waals surface area contributed by atoms with Gasteiger partial charge in [-0.2, -0.15) is 0 Å². The Morgan fingerprint density at radius 1 is 1.31 bits per heavy atom. The third-order valence-electron chi connectivity index (χ3n) is 1.90. The topological polar surface area (TPSA) is 32.3 Å². The molecule has 0 aliphatic carbocycles. The van der Waals surface area contributed by atoms with Crippen LogP contribution in [0.2, 0.25) is 0 Å². The Bertz CT molecular complexity index is 156. The maximum atomic E-state index is 9.80. The lowest BCUT2D eigenvalue weighted by atomic mass is 9.97. The molecule has 0 amide bonds. The highest BCUT2D eigenvalue weighted by atomic mass is 16.3. The number of hydrogen-bond acceptors (Lipinski definition) is 2. The zero-order chi connectivity index (χ0) is 10.5. The second kappa shape index (κ2) is 4.77. The molecule has 1 unspecified atom stereocenters. The van der Waals surface area contributed by atoms with Crippen LogP contribution in [0.5, 0.6) is 0 Å². The maximum absolute atomic E-state index is 9.80. The molecule has 2 N–H and O–H groups in total. The first-order valence-electron chi connectivity index (χ1n) is 4.85. The first-order chi connectivity index (χ1) is 5.77. The van der Waals surface area contributed by atoms with Gasteiger partial charge in [-0.25, -0.2) is 0 Å². The normalized spacial score (nSPS) is 16.7. The number of rotatable bonds is 5. The van der Waals surface area contributed by atoms with Crippen LogP contribution in [0.15, 0.2) is 12.7 Å². The molecule has 2 heteroatoms. The zero-order valence-electron chi connectivity index (χ0n) is 9.35. The van der Waals surface area contributed by atoms with Crippen LogP contribution in [0.4, 0.5) is 0 Å². The van der Waals surface area contributed by atoms with Crippen molar-refractivity contribution in [3.05, 3.63) is 12.7 Å². The molecule has 13 heavy (non-hydrogen) atoms. The van der Waals surface area contributed by atoms with E-state index >= 15 is 0 Å². The lowest BCUT2D eigenvalue weighted by Gasteiger charge is -2.26. The van der Waals surface area contributed by atoms with E-state index in [9.17, 15) is 5.11 Å². The molecule has 0 aromatic rings. The molecule has 0 spiro atoms. The van der Waals surface area contributed by atoms with Gasteiger partial charge in [0, 0.05) is 5.54 Å². The molecule has 0 fully saturated rings. The number of hydrogen-bond donors (Lipinski definition) is 2. The minimum Gasteiger partial charge on any atom is -0.390 e. The zero-order valence-corrected chi connectivity index (χ0v) is 9.35. The van der Waals surface area contributed by atoms with Crippen LogP contribution in [0.1, 0.15) is 40.5 Å².